The van der Waals surface area contributed by atoms with Crippen LogP contribution in [0.4, 0.5) is 15.9 Å². The highest BCUT2D eigenvalue weighted by Gasteiger charge is 2.10. The number of nitrogens with two attached hydrogens (primary N) is 1. The maximum Gasteiger partial charge on any atom is 0.257 e. The number of benzene rings is 1. The average Bonchev–Trinajstić information content (AvgIpc) is 2.42. The molecule has 20 heavy (non-hydrogen) atoms. The van der Waals surface area contributed by atoms with E-state index in [1.165, 1.54) is 24.4 Å². The lowest BCUT2D eigenvalue weighted by atomic mass is 10.2. The summed E-state index contributed by atoms with van der Waals surface area (Å²) in [4.78, 5) is 15.8. The van der Waals surface area contributed by atoms with Gasteiger partial charge < -0.3 is 10.7 Å². The molecule has 0 atom stereocenters. The number of halogens is 3. The van der Waals surface area contributed by atoms with Crippen molar-refractivity contribution in [3.05, 3.63) is 51.9 Å². The highest BCUT2D eigenvalue weighted by molar-refractivity contribution is 6.33. The highest BCUT2D eigenvalue weighted by Crippen LogP contribution is 2.22. The van der Waals surface area contributed by atoms with Crippen molar-refractivity contribution >= 4 is 40.6 Å². The summed E-state index contributed by atoms with van der Waals surface area (Å²) in [5, 5.41) is 2.67. The topological polar surface area (TPSA) is 80.0 Å². The molecule has 4 N–H and O–H groups in total. The third-order valence-electron chi connectivity index (χ3n) is 2.42. The first-order valence-electron chi connectivity index (χ1n) is 5.40. The Hall–Kier alpha value is -1.89. The van der Waals surface area contributed by atoms with Gasteiger partial charge in [0.05, 0.1) is 15.6 Å². The molecule has 0 unspecified atom stereocenters. The number of hydrogen-bond donors (Lipinski definition) is 3. The van der Waals surface area contributed by atoms with Gasteiger partial charge >= 0.3 is 0 Å². The standard InChI is InChI=1S/C12H9Cl2FN4O/c13-8-4-7(1-2-10(8)15)18-12(20)6-3-9(14)11(19-16)17-5-6/h1-5H,16H2,(H,17,19)(H,18,20). The lowest BCUT2D eigenvalue weighted by Gasteiger charge is -2.07. The molecule has 0 fully saturated rings. The predicted molar refractivity (Wildman–Crippen MR) is 76.4 cm³/mol. The molecule has 8 heteroatoms. The van der Waals surface area contributed by atoms with E-state index in [2.05, 4.69) is 15.7 Å². The van der Waals surface area contributed by atoms with Crippen LogP contribution in [0.3, 0.4) is 0 Å². The largest absolute Gasteiger partial charge is 0.322 e. The molecule has 0 spiro atoms. The number of hydrogen-bond acceptors (Lipinski definition) is 4. The summed E-state index contributed by atoms with van der Waals surface area (Å²) in [7, 11) is 0. The molecule has 1 heterocycles. The maximum atomic E-state index is 13.0. The molecule has 0 saturated heterocycles. The van der Waals surface area contributed by atoms with Crippen molar-refractivity contribution < 1.29 is 9.18 Å². The Balaban J connectivity index is 2.19. The Bertz CT molecular complexity index is 666. The van der Waals surface area contributed by atoms with Gasteiger partial charge in [0.25, 0.3) is 5.91 Å². The number of rotatable bonds is 3. The Kier molecular flexibility index (Phi) is 4.39. The SMILES string of the molecule is NNc1ncc(C(=O)Nc2ccc(F)c(Cl)c2)cc1Cl. The number of anilines is 2. The van der Waals surface area contributed by atoms with Crippen LogP contribution in [-0.2, 0) is 0 Å². The Morgan fingerprint density at radius 1 is 1.25 bits per heavy atom. The number of nitrogen functional groups attached to an aromatic ring is 1. The van der Waals surface area contributed by atoms with Crippen molar-refractivity contribution in [3.8, 4) is 0 Å². The lowest BCUT2D eigenvalue weighted by Crippen LogP contribution is -2.14. The number of pyridine rings is 1. The van der Waals surface area contributed by atoms with Crippen molar-refractivity contribution in [2.24, 2.45) is 5.84 Å². The van der Waals surface area contributed by atoms with E-state index in [1.54, 1.807) is 0 Å². The molecule has 0 saturated carbocycles. The van der Waals surface area contributed by atoms with Gasteiger partial charge in [-0.1, -0.05) is 23.2 Å². The second-order valence-electron chi connectivity index (χ2n) is 3.78. The zero-order valence-corrected chi connectivity index (χ0v) is 11.5. The van der Waals surface area contributed by atoms with Gasteiger partial charge in [-0.25, -0.2) is 15.2 Å². The fraction of sp³-hybridized carbons (Fsp3) is 0. The second-order valence-corrected chi connectivity index (χ2v) is 4.60. The monoisotopic (exact) mass is 314 g/mol. The smallest absolute Gasteiger partial charge is 0.257 e. The van der Waals surface area contributed by atoms with E-state index < -0.39 is 11.7 Å². The molecular weight excluding hydrogens is 306 g/mol. The maximum absolute atomic E-state index is 13.0. The van der Waals surface area contributed by atoms with E-state index >= 15 is 0 Å². The van der Waals surface area contributed by atoms with Crippen molar-refractivity contribution in [3.63, 3.8) is 0 Å². The van der Waals surface area contributed by atoms with Crippen LogP contribution in [0, 0.1) is 5.82 Å². The minimum atomic E-state index is -0.562. The van der Waals surface area contributed by atoms with E-state index in [1.807, 2.05) is 0 Å². The highest BCUT2D eigenvalue weighted by atomic mass is 35.5. The summed E-state index contributed by atoms with van der Waals surface area (Å²) in [5.41, 5.74) is 2.88. The molecular formula is C12H9Cl2FN4O. The third-order valence-corrected chi connectivity index (χ3v) is 3.00. The van der Waals surface area contributed by atoms with Crippen molar-refractivity contribution in [1.29, 1.82) is 0 Å². The summed E-state index contributed by atoms with van der Waals surface area (Å²) in [6.07, 6.45) is 1.31. The van der Waals surface area contributed by atoms with Gasteiger partial charge in [-0.15, -0.1) is 0 Å². The summed E-state index contributed by atoms with van der Waals surface area (Å²) in [6, 6.07) is 5.26. The van der Waals surface area contributed by atoms with E-state index in [9.17, 15) is 9.18 Å². The van der Waals surface area contributed by atoms with Gasteiger partial charge in [-0.05, 0) is 24.3 Å². The molecule has 1 aromatic carbocycles. The molecule has 0 aliphatic carbocycles. The zero-order chi connectivity index (χ0) is 14.7. The average molecular weight is 315 g/mol. The van der Waals surface area contributed by atoms with Gasteiger partial charge in [0, 0.05) is 11.9 Å². The number of carbonyl (C=O) groups excluding carboxylic acids is 1. The van der Waals surface area contributed by atoms with Crippen molar-refractivity contribution in [1.82, 2.24) is 4.98 Å². The van der Waals surface area contributed by atoms with Crippen LogP contribution in [0.5, 0.6) is 0 Å². The van der Waals surface area contributed by atoms with Crippen LogP contribution in [0.1, 0.15) is 10.4 Å². The zero-order valence-electron chi connectivity index (χ0n) is 9.95. The Morgan fingerprint density at radius 2 is 2.00 bits per heavy atom. The third kappa shape index (κ3) is 3.16. The predicted octanol–water partition coefficient (Wildman–Crippen LogP) is 3.07. The first kappa shape index (κ1) is 14.5. The fourth-order valence-corrected chi connectivity index (χ4v) is 1.85. The van der Waals surface area contributed by atoms with Crippen LogP contribution < -0.4 is 16.6 Å². The minimum Gasteiger partial charge on any atom is -0.322 e. The molecule has 1 amide bonds. The van der Waals surface area contributed by atoms with E-state index in [4.69, 9.17) is 29.0 Å². The van der Waals surface area contributed by atoms with Gasteiger partial charge in [-0.2, -0.15) is 0 Å². The quantitative estimate of drug-likeness (QED) is 0.601. The molecule has 2 aromatic rings. The van der Waals surface area contributed by atoms with Crippen LogP contribution in [0.25, 0.3) is 0 Å². The molecule has 0 radical (unpaired) electrons. The lowest BCUT2D eigenvalue weighted by molar-refractivity contribution is 0.102. The Labute approximate surface area is 123 Å². The fourth-order valence-electron chi connectivity index (χ4n) is 1.45. The second kappa shape index (κ2) is 6.04. The number of carbonyl (C=O) groups is 1. The molecule has 1 aromatic heterocycles. The van der Waals surface area contributed by atoms with E-state index in [0.717, 1.165) is 6.07 Å². The van der Waals surface area contributed by atoms with Crippen molar-refractivity contribution in [2.75, 3.05) is 10.7 Å². The number of hydrazine groups is 1. The van der Waals surface area contributed by atoms with Gasteiger partial charge in [0.1, 0.15) is 5.82 Å². The number of aromatic nitrogens is 1. The summed E-state index contributed by atoms with van der Waals surface area (Å²) in [5.74, 6) is 4.43. The van der Waals surface area contributed by atoms with Gasteiger partial charge in [0.2, 0.25) is 0 Å². The van der Waals surface area contributed by atoms with Crippen LogP contribution in [0.15, 0.2) is 30.5 Å². The normalized spacial score (nSPS) is 10.2. The molecule has 104 valence electrons. The summed E-state index contributed by atoms with van der Waals surface area (Å²) >= 11 is 11.5. The molecule has 0 aliphatic rings. The summed E-state index contributed by atoms with van der Waals surface area (Å²) in [6.45, 7) is 0. The van der Waals surface area contributed by atoms with Crippen molar-refractivity contribution in [2.45, 2.75) is 0 Å². The van der Waals surface area contributed by atoms with Gasteiger partial charge in [0.15, 0.2) is 5.82 Å². The number of amides is 1. The van der Waals surface area contributed by atoms with E-state index in [-0.39, 0.29) is 21.4 Å². The molecule has 0 bridgehead atoms. The first-order valence-corrected chi connectivity index (χ1v) is 6.15. The number of nitrogens with one attached hydrogen (secondary N) is 2. The van der Waals surface area contributed by atoms with Crippen LogP contribution >= 0.6 is 23.2 Å². The number of nitrogens with zero attached hydrogens (tertiary/aromatic N) is 1. The first-order chi connectivity index (χ1) is 9.51. The van der Waals surface area contributed by atoms with Crippen LogP contribution in [0.2, 0.25) is 10.0 Å². The van der Waals surface area contributed by atoms with E-state index in [0.29, 0.717) is 5.69 Å². The minimum absolute atomic E-state index is 0.0818. The Morgan fingerprint density at radius 3 is 2.60 bits per heavy atom. The molecule has 0 aliphatic heterocycles. The van der Waals surface area contributed by atoms with Gasteiger partial charge in [-0.3, -0.25) is 4.79 Å². The summed E-state index contributed by atoms with van der Waals surface area (Å²) < 4.78 is 13.0. The van der Waals surface area contributed by atoms with Crippen LogP contribution in [-0.4, -0.2) is 10.9 Å². The molecule has 2 rings (SSSR count). The molecule has 5 nitrogen and oxygen atoms in total.